The van der Waals surface area contributed by atoms with E-state index in [4.69, 9.17) is 10.1 Å². The van der Waals surface area contributed by atoms with Gasteiger partial charge in [0.2, 0.25) is 11.8 Å². The molecule has 0 bridgehead atoms. The highest BCUT2D eigenvalue weighted by molar-refractivity contribution is 7.21. The van der Waals surface area contributed by atoms with E-state index in [1.807, 2.05) is 23.9 Å². The number of nitrogens with one attached hydrogen (secondary N) is 3. The Balaban J connectivity index is 0.770. The fourth-order valence-electron chi connectivity index (χ4n) is 8.98. The van der Waals surface area contributed by atoms with Gasteiger partial charge in [0, 0.05) is 105 Å². The molecule has 57 heavy (non-hydrogen) atoms. The van der Waals surface area contributed by atoms with E-state index in [0.717, 1.165) is 119 Å². The van der Waals surface area contributed by atoms with E-state index in [9.17, 15) is 14.4 Å². The summed E-state index contributed by atoms with van der Waals surface area (Å²) in [5.74, 6) is 0.312. The first-order valence-electron chi connectivity index (χ1n) is 20.1. The van der Waals surface area contributed by atoms with Crippen LogP contribution in [0.15, 0.2) is 59.3 Å². The minimum absolute atomic E-state index is 0.0278. The lowest BCUT2D eigenvalue weighted by Gasteiger charge is -2.38. The number of carbonyl (C=O) groups is 3. The van der Waals surface area contributed by atoms with Crippen molar-refractivity contribution in [2.45, 2.75) is 38.5 Å². The minimum atomic E-state index is -0.396. The number of aromatic nitrogens is 3. The number of benzene rings is 2. The molecule has 4 aliphatic heterocycles. The van der Waals surface area contributed by atoms with E-state index in [1.54, 1.807) is 5.01 Å². The van der Waals surface area contributed by atoms with Gasteiger partial charge in [-0.3, -0.25) is 29.3 Å². The van der Waals surface area contributed by atoms with Gasteiger partial charge < -0.3 is 20.4 Å². The predicted molar refractivity (Wildman–Crippen MR) is 227 cm³/mol. The first kappa shape index (κ1) is 37.2. The molecule has 3 saturated heterocycles. The molecule has 3 aromatic heterocycles. The zero-order valence-electron chi connectivity index (χ0n) is 32.6. The van der Waals surface area contributed by atoms with E-state index in [0.29, 0.717) is 31.8 Å². The van der Waals surface area contributed by atoms with Gasteiger partial charge in [0.15, 0.2) is 5.82 Å². The van der Waals surface area contributed by atoms with Gasteiger partial charge in [-0.05, 0) is 87.7 Å². The van der Waals surface area contributed by atoms with Crippen LogP contribution in [0, 0.1) is 5.92 Å². The summed E-state index contributed by atoms with van der Waals surface area (Å²) in [5.41, 5.74) is 5.97. The second kappa shape index (κ2) is 15.5. The number of amides is 3. The Bertz CT molecular complexity index is 2420. The second-order valence-electron chi connectivity index (χ2n) is 15.7. The quantitative estimate of drug-likeness (QED) is 0.108. The first-order valence-corrected chi connectivity index (χ1v) is 20.9. The molecule has 0 radical (unpaired) electrons. The van der Waals surface area contributed by atoms with E-state index in [-0.39, 0.29) is 17.7 Å². The van der Waals surface area contributed by atoms with Crippen molar-refractivity contribution in [3.8, 4) is 0 Å². The zero-order chi connectivity index (χ0) is 39.2. The van der Waals surface area contributed by atoms with Gasteiger partial charge in [0.05, 0.1) is 28.3 Å². The molecule has 1 unspecified atom stereocenters. The number of nitrogens with zero attached hydrogens (tertiary/aromatic N) is 8. The van der Waals surface area contributed by atoms with Crippen LogP contribution in [0.25, 0.3) is 31.9 Å². The lowest BCUT2D eigenvalue weighted by atomic mass is 9.90. The van der Waals surface area contributed by atoms with Crippen LogP contribution in [-0.2, 0) is 16.6 Å². The number of carbonyl (C=O) groups excluding carboxylic acids is 3. The van der Waals surface area contributed by atoms with Gasteiger partial charge >= 0.3 is 0 Å². The number of fused-ring (bicyclic) bond motifs is 6. The van der Waals surface area contributed by atoms with Crippen LogP contribution in [-0.4, -0.2) is 114 Å². The molecule has 2 aromatic carbocycles. The molecule has 0 spiro atoms. The molecule has 15 heteroatoms. The third-order valence-electron chi connectivity index (χ3n) is 12.3. The summed E-state index contributed by atoms with van der Waals surface area (Å²) in [6, 6.07) is 14.6. The zero-order valence-corrected chi connectivity index (χ0v) is 33.4. The number of imide groups is 1. The molecule has 14 nitrogen and oxygen atoms in total. The average molecular weight is 788 g/mol. The lowest BCUT2D eigenvalue weighted by molar-refractivity contribution is -0.134. The number of hydrogen-bond donors (Lipinski definition) is 3. The summed E-state index contributed by atoms with van der Waals surface area (Å²) in [6.07, 6.45) is 5.14. The van der Waals surface area contributed by atoms with Crippen molar-refractivity contribution < 1.29 is 14.4 Å². The Hall–Kier alpha value is -5.38. The van der Waals surface area contributed by atoms with Crippen LogP contribution in [0.5, 0.6) is 0 Å². The van der Waals surface area contributed by atoms with Gasteiger partial charge in [-0.25, -0.2) is 9.99 Å². The molecule has 3 N–H and O–H groups in total. The number of piperidine rings is 2. The van der Waals surface area contributed by atoms with Crippen LogP contribution in [0.2, 0.25) is 0 Å². The van der Waals surface area contributed by atoms with E-state index >= 15 is 0 Å². The Kier molecular flexibility index (Phi) is 10.1. The number of pyridine rings is 1. The molecule has 5 aromatic rings. The summed E-state index contributed by atoms with van der Waals surface area (Å²) in [4.78, 5) is 50.2. The maximum absolute atomic E-state index is 12.7. The third kappa shape index (κ3) is 7.23. The van der Waals surface area contributed by atoms with Crippen molar-refractivity contribution in [3.63, 3.8) is 0 Å². The Morgan fingerprint density at radius 2 is 1.70 bits per heavy atom. The summed E-state index contributed by atoms with van der Waals surface area (Å²) >= 11 is 1.51. The Morgan fingerprint density at radius 1 is 0.947 bits per heavy atom. The van der Waals surface area contributed by atoms with Crippen molar-refractivity contribution in [1.82, 2.24) is 35.2 Å². The molecule has 296 valence electrons. The van der Waals surface area contributed by atoms with Crippen molar-refractivity contribution in [3.05, 3.63) is 64.8 Å². The van der Waals surface area contributed by atoms with Crippen LogP contribution in [0.3, 0.4) is 0 Å². The number of thiophene rings is 1. The van der Waals surface area contributed by atoms with Gasteiger partial charge in [-0.1, -0.05) is 5.57 Å². The fourth-order valence-corrected chi connectivity index (χ4v) is 10.1. The summed E-state index contributed by atoms with van der Waals surface area (Å²) in [7, 11) is 1.92. The maximum atomic E-state index is 12.7. The molecule has 3 amide bonds. The van der Waals surface area contributed by atoms with Crippen LogP contribution in [0.1, 0.15) is 53.9 Å². The van der Waals surface area contributed by atoms with Crippen molar-refractivity contribution in [2.75, 3.05) is 80.7 Å². The Morgan fingerprint density at radius 3 is 2.47 bits per heavy atom. The van der Waals surface area contributed by atoms with E-state index in [2.05, 4.69) is 85.9 Å². The number of aryl methyl sites for hydroxylation is 1. The maximum Gasteiger partial charge on any atom is 0.263 e. The molecule has 0 aliphatic carbocycles. The predicted octanol–water partition coefficient (Wildman–Crippen LogP) is 4.87. The number of rotatable bonds is 9. The summed E-state index contributed by atoms with van der Waals surface area (Å²) < 4.78 is 2.93. The third-order valence-corrected chi connectivity index (χ3v) is 13.4. The molecule has 3 fully saturated rings. The van der Waals surface area contributed by atoms with Gasteiger partial charge in [0.1, 0.15) is 4.88 Å². The van der Waals surface area contributed by atoms with Crippen LogP contribution >= 0.6 is 11.3 Å². The minimum Gasteiger partial charge on any atom is -0.381 e. The second-order valence-corrected chi connectivity index (χ2v) is 16.7. The van der Waals surface area contributed by atoms with Crippen LogP contribution in [0.4, 0.5) is 17.2 Å². The van der Waals surface area contributed by atoms with Crippen molar-refractivity contribution >= 4 is 84.9 Å². The molecular weight excluding hydrogens is 739 g/mol. The number of piperazine rings is 1. The molecule has 0 saturated carbocycles. The van der Waals surface area contributed by atoms with Gasteiger partial charge in [-0.2, -0.15) is 10.2 Å². The summed E-state index contributed by atoms with van der Waals surface area (Å²) in [6.45, 7) is 15.6. The van der Waals surface area contributed by atoms with Gasteiger partial charge in [0.25, 0.3) is 5.91 Å². The SMILES string of the molecule is C=NN(/C=C(\C)C1CCN(CCN2CCN(c3ccc4c(C5CCC(=O)NC5=O)nn(C)c4c3)CC2)CC1)c1ccc2c(ccc3sc4c(c32)NCCNC4=O)n1. The number of allylic oxidation sites excluding steroid dienone is 1. The van der Waals surface area contributed by atoms with E-state index < -0.39 is 5.92 Å². The highest BCUT2D eigenvalue weighted by Crippen LogP contribution is 2.41. The highest BCUT2D eigenvalue weighted by atomic mass is 32.1. The molecular formula is C42H49N11O3S. The Labute approximate surface area is 335 Å². The monoisotopic (exact) mass is 787 g/mol. The first-order chi connectivity index (χ1) is 27.7. The van der Waals surface area contributed by atoms with E-state index in [1.165, 1.54) is 22.6 Å². The molecule has 9 rings (SSSR count). The largest absolute Gasteiger partial charge is 0.381 e. The molecule has 1 atom stereocenters. The van der Waals surface area contributed by atoms with Crippen molar-refractivity contribution in [1.29, 1.82) is 0 Å². The number of hydrazone groups is 1. The van der Waals surface area contributed by atoms with Crippen LogP contribution < -0.4 is 25.9 Å². The molecule has 7 heterocycles. The average Bonchev–Trinajstić information content (AvgIpc) is 3.71. The summed E-state index contributed by atoms with van der Waals surface area (Å²) in [5, 5.41) is 22.8. The lowest BCUT2D eigenvalue weighted by Crippen LogP contribution is -2.49. The van der Waals surface area contributed by atoms with Gasteiger partial charge in [-0.15, -0.1) is 11.3 Å². The highest BCUT2D eigenvalue weighted by Gasteiger charge is 2.32. The standard InChI is InChI=1S/C42H49N11O3S/c1-26(25-53(43-2)35-10-6-29-32(46-35)8-9-34-37(29)39-40(57-34)42(56)45-15-14-44-39)27-12-16-50(17-13-27)18-19-51-20-22-52(23-21-51)28-4-5-30-33(24-28)49(3)48-38(30)31-7-11-36(54)47-41(31)55/h4-6,8-10,24-25,27,31,44H,2,7,11-23H2,1,3H3,(H,45,56)(H,47,54,55)/b26-25+. The smallest absolute Gasteiger partial charge is 0.263 e. The fraction of sp³-hybridized carbons (Fsp3) is 0.429. The van der Waals surface area contributed by atoms with Crippen molar-refractivity contribution in [2.24, 2.45) is 18.1 Å². The normalized spacial score (nSPS) is 20.4. The topological polar surface area (TPSA) is 143 Å². The molecule has 4 aliphatic rings. The number of hydrogen-bond acceptors (Lipinski definition) is 12. The number of likely N-dealkylation sites (tertiary alicyclic amines) is 1. The number of anilines is 3.